The molecule has 0 spiro atoms. The van der Waals surface area contributed by atoms with E-state index >= 15 is 0 Å². The molecule has 220 valence electrons. The van der Waals surface area contributed by atoms with Gasteiger partial charge in [-0.1, -0.05) is 18.7 Å². The van der Waals surface area contributed by atoms with Crippen LogP contribution in [0.2, 0.25) is 0 Å². The van der Waals surface area contributed by atoms with E-state index < -0.39 is 0 Å². The zero-order valence-corrected chi connectivity index (χ0v) is 24.7. The Morgan fingerprint density at radius 3 is 2.74 bits per heavy atom. The Morgan fingerprint density at radius 2 is 2.00 bits per heavy atom. The number of fused-ring (bicyclic) bond motifs is 1. The molecule has 1 aromatic carbocycles. The predicted octanol–water partition coefficient (Wildman–Crippen LogP) is 5.32. The third-order valence-corrected chi connectivity index (χ3v) is 8.08. The quantitative estimate of drug-likeness (QED) is 0.257. The number of nitrogens with zero attached hydrogens (tertiary/aromatic N) is 7. The van der Waals surface area contributed by atoms with Crippen LogP contribution in [0.25, 0.3) is 33.4 Å². The number of piperidine rings is 1. The van der Waals surface area contributed by atoms with Crippen LogP contribution in [0.3, 0.4) is 0 Å². The van der Waals surface area contributed by atoms with Crippen LogP contribution in [0.5, 0.6) is 17.4 Å². The normalized spacial score (nSPS) is 16.8. The monoisotopic (exact) mass is 578 g/mol. The second-order valence-corrected chi connectivity index (χ2v) is 10.8. The van der Waals surface area contributed by atoms with E-state index in [1.165, 1.54) is 12.4 Å². The van der Waals surface area contributed by atoms with Gasteiger partial charge in [-0.15, -0.1) is 0 Å². The summed E-state index contributed by atoms with van der Waals surface area (Å²) in [6.07, 6.45) is 8.38. The number of nitrogen functional groups attached to an aromatic ring is 1. The van der Waals surface area contributed by atoms with Crippen LogP contribution in [0.1, 0.15) is 31.5 Å². The van der Waals surface area contributed by atoms with Crippen molar-refractivity contribution in [3.05, 3.63) is 73.5 Å². The molecule has 0 radical (unpaired) electrons. The minimum absolute atomic E-state index is 0.0343. The number of likely N-dealkylation sites (tertiary alicyclic amines) is 1. The van der Waals surface area contributed by atoms with Crippen LogP contribution in [-0.2, 0) is 11.8 Å². The SMILES string of the molecule is C=CC(=O)N1CCC(n2cc(-c3c(-c4ccc(Oc5cccc(C)n5)c(OC)c4)c4c(N)ncnc4n3C)cn2)CC1C. The summed E-state index contributed by atoms with van der Waals surface area (Å²) in [4.78, 5) is 27.4. The number of pyridine rings is 1. The fraction of sp³-hybridized carbons (Fsp3) is 0.281. The molecule has 2 N–H and O–H groups in total. The summed E-state index contributed by atoms with van der Waals surface area (Å²) in [6.45, 7) is 8.28. The van der Waals surface area contributed by atoms with Gasteiger partial charge in [-0.05, 0) is 56.5 Å². The average Bonchev–Trinajstić information content (AvgIpc) is 3.60. The van der Waals surface area contributed by atoms with E-state index in [9.17, 15) is 4.79 Å². The lowest BCUT2D eigenvalue weighted by atomic mass is 9.98. The predicted molar refractivity (Wildman–Crippen MR) is 165 cm³/mol. The number of carbonyl (C=O) groups excluding carboxylic acids is 1. The van der Waals surface area contributed by atoms with Gasteiger partial charge < -0.3 is 24.7 Å². The molecule has 5 heterocycles. The summed E-state index contributed by atoms with van der Waals surface area (Å²) in [5.74, 6) is 1.91. The number of ether oxygens (including phenoxy) is 2. The van der Waals surface area contributed by atoms with Crippen molar-refractivity contribution < 1.29 is 14.3 Å². The van der Waals surface area contributed by atoms with Gasteiger partial charge in [-0.25, -0.2) is 15.0 Å². The molecule has 5 aromatic rings. The second kappa shape index (κ2) is 11.2. The summed E-state index contributed by atoms with van der Waals surface area (Å²) in [5, 5.41) is 5.52. The highest BCUT2D eigenvalue weighted by atomic mass is 16.5. The summed E-state index contributed by atoms with van der Waals surface area (Å²) < 4.78 is 15.9. The first-order valence-corrected chi connectivity index (χ1v) is 14.1. The van der Waals surface area contributed by atoms with Gasteiger partial charge in [0.2, 0.25) is 11.8 Å². The van der Waals surface area contributed by atoms with Crippen LogP contribution >= 0.6 is 0 Å². The fourth-order valence-electron chi connectivity index (χ4n) is 5.98. The van der Waals surface area contributed by atoms with Gasteiger partial charge in [0.05, 0.1) is 30.4 Å². The fourth-order valence-corrected chi connectivity index (χ4v) is 5.98. The highest BCUT2D eigenvalue weighted by molar-refractivity contribution is 6.07. The van der Waals surface area contributed by atoms with Gasteiger partial charge in [-0.2, -0.15) is 5.10 Å². The molecule has 11 heteroatoms. The van der Waals surface area contributed by atoms with Crippen molar-refractivity contribution in [2.45, 2.75) is 38.8 Å². The van der Waals surface area contributed by atoms with Crippen LogP contribution in [0.4, 0.5) is 5.82 Å². The van der Waals surface area contributed by atoms with Gasteiger partial charge in [0.25, 0.3) is 0 Å². The van der Waals surface area contributed by atoms with Crippen molar-refractivity contribution in [2.75, 3.05) is 19.4 Å². The van der Waals surface area contributed by atoms with E-state index in [-0.39, 0.29) is 18.0 Å². The molecule has 6 rings (SSSR count). The first-order valence-electron chi connectivity index (χ1n) is 14.1. The van der Waals surface area contributed by atoms with E-state index in [1.54, 1.807) is 13.2 Å². The van der Waals surface area contributed by atoms with Crippen LogP contribution in [0.15, 0.2) is 67.8 Å². The molecule has 11 nitrogen and oxygen atoms in total. The number of hydrogen-bond donors (Lipinski definition) is 1. The van der Waals surface area contributed by atoms with E-state index in [0.717, 1.165) is 46.3 Å². The average molecular weight is 579 g/mol. The van der Waals surface area contributed by atoms with Crippen LogP contribution in [-0.4, -0.2) is 59.8 Å². The number of methoxy groups -OCH3 is 1. The van der Waals surface area contributed by atoms with Crippen LogP contribution < -0.4 is 15.2 Å². The summed E-state index contributed by atoms with van der Waals surface area (Å²) in [7, 11) is 3.57. The number of aryl methyl sites for hydroxylation is 2. The molecule has 2 atom stereocenters. The van der Waals surface area contributed by atoms with Crippen LogP contribution in [0, 0.1) is 6.92 Å². The third kappa shape index (κ3) is 5.07. The molecule has 43 heavy (non-hydrogen) atoms. The highest BCUT2D eigenvalue weighted by Gasteiger charge is 2.30. The molecule has 0 bridgehead atoms. The maximum atomic E-state index is 12.2. The van der Waals surface area contributed by atoms with Gasteiger partial charge in [0, 0.05) is 48.7 Å². The number of anilines is 1. The van der Waals surface area contributed by atoms with Gasteiger partial charge in [0.15, 0.2) is 11.5 Å². The molecule has 0 aliphatic carbocycles. The van der Waals surface area contributed by atoms with Crippen molar-refractivity contribution in [3.8, 4) is 39.8 Å². The lowest BCUT2D eigenvalue weighted by molar-refractivity contribution is -0.129. The molecular weight excluding hydrogens is 544 g/mol. The Bertz CT molecular complexity index is 1840. The zero-order valence-electron chi connectivity index (χ0n) is 24.7. The van der Waals surface area contributed by atoms with Crippen molar-refractivity contribution in [3.63, 3.8) is 0 Å². The molecule has 2 unspecified atom stereocenters. The lowest BCUT2D eigenvalue weighted by Gasteiger charge is -2.37. The first kappa shape index (κ1) is 28.0. The number of aromatic nitrogens is 6. The second-order valence-electron chi connectivity index (χ2n) is 10.8. The summed E-state index contributed by atoms with van der Waals surface area (Å²) >= 11 is 0. The number of rotatable bonds is 7. The van der Waals surface area contributed by atoms with Gasteiger partial charge in [-0.3, -0.25) is 9.48 Å². The summed E-state index contributed by atoms with van der Waals surface area (Å²) in [6, 6.07) is 11.6. The third-order valence-electron chi connectivity index (χ3n) is 8.08. The number of amides is 1. The smallest absolute Gasteiger partial charge is 0.246 e. The molecule has 4 aromatic heterocycles. The molecule has 1 aliphatic rings. The maximum Gasteiger partial charge on any atom is 0.246 e. The number of hydrogen-bond acceptors (Lipinski definition) is 8. The molecule has 1 amide bonds. The number of nitrogens with two attached hydrogens (primary N) is 1. The Kier molecular flexibility index (Phi) is 7.31. The van der Waals surface area contributed by atoms with Crippen molar-refractivity contribution in [1.82, 2.24) is 34.2 Å². The summed E-state index contributed by atoms with van der Waals surface area (Å²) in [5.41, 5.74) is 11.6. The van der Waals surface area contributed by atoms with E-state index in [0.29, 0.717) is 35.4 Å². The van der Waals surface area contributed by atoms with Gasteiger partial charge >= 0.3 is 0 Å². The number of carbonyl (C=O) groups is 1. The minimum atomic E-state index is -0.0343. The van der Waals surface area contributed by atoms with Crippen molar-refractivity contribution in [1.29, 1.82) is 0 Å². The van der Waals surface area contributed by atoms with Crippen molar-refractivity contribution in [2.24, 2.45) is 7.05 Å². The zero-order chi connectivity index (χ0) is 30.2. The van der Waals surface area contributed by atoms with E-state index in [1.807, 2.05) is 64.6 Å². The van der Waals surface area contributed by atoms with Gasteiger partial charge in [0.1, 0.15) is 17.8 Å². The standard InChI is InChI=1S/C32H34N8O3/c1-6-27(41)39-13-12-23(14-20(39)3)40-17-22(16-36-40)30-28(29-31(33)34-18-35-32(29)38(30)4)21-10-11-24(25(15-21)42-5)43-26-9-7-8-19(2)37-26/h6-11,15-18,20,23H,1,12-14H2,2-5H3,(H2,33,34,35). The lowest BCUT2D eigenvalue weighted by Crippen LogP contribution is -2.44. The largest absolute Gasteiger partial charge is 0.493 e. The Labute approximate surface area is 249 Å². The van der Waals surface area contributed by atoms with Crippen molar-refractivity contribution >= 4 is 22.8 Å². The Balaban J connectivity index is 1.41. The molecule has 0 saturated carbocycles. The topological polar surface area (TPSA) is 126 Å². The number of benzene rings is 1. The first-order chi connectivity index (χ1) is 20.8. The van der Waals surface area contributed by atoms with E-state index in [4.69, 9.17) is 20.3 Å². The highest BCUT2D eigenvalue weighted by Crippen LogP contribution is 2.44. The molecule has 1 fully saturated rings. The maximum absolute atomic E-state index is 12.2. The minimum Gasteiger partial charge on any atom is -0.493 e. The Morgan fingerprint density at radius 1 is 1.16 bits per heavy atom. The molecule has 1 saturated heterocycles. The molecular formula is C32H34N8O3. The molecule has 1 aliphatic heterocycles. The Hall–Kier alpha value is -5.19. The van der Waals surface area contributed by atoms with E-state index in [2.05, 4.69) is 34.7 Å².